The molecular weight excluding hydrogens is 304 g/mol. The Hall–Kier alpha value is -2.56. The Morgan fingerprint density at radius 2 is 2.17 bits per heavy atom. The molecule has 1 aliphatic rings. The lowest BCUT2D eigenvalue weighted by atomic mass is 9.93. The predicted octanol–water partition coefficient (Wildman–Crippen LogP) is 2.72. The summed E-state index contributed by atoms with van der Waals surface area (Å²) in [5.74, 6) is -0.556. The summed E-state index contributed by atoms with van der Waals surface area (Å²) in [5.41, 5.74) is 2.00. The first-order valence-electron chi connectivity index (χ1n) is 8.27. The molecule has 1 aromatic carbocycles. The molecule has 0 bridgehead atoms. The molecule has 1 heterocycles. The number of aromatic nitrogens is 1. The van der Waals surface area contributed by atoms with Gasteiger partial charge in [-0.1, -0.05) is 30.4 Å². The Balaban J connectivity index is 1.75. The molecule has 2 aromatic rings. The predicted molar refractivity (Wildman–Crippen MR) is 92.4 cm³/mol. The van der Waals surface area contributed by atoms with E-state index >= 15 is 0 Å². The lowest BCUT2D eigenvalue weighted by molar-refractivity contribution is -0.145. The number of allylic oxidation sites excluding steroid dienone is 2. The van der Waals surface area contributed by atoms with Gasteiger partial charge in [-0.2, -0.15) is 0 Å². The quantitative estimate of drug-likeness (QED) is 0.655. The molecule has 24 heavy (non-hydrogen) atoms. The smallest absolute Gasteiger partial charge is 0.328 e. The van der Waals surface area contributed by atoms with Gasteiger partial charge in [0.15, 0.2) is 0 Å². The summed E-state index contributed by atoms with van der Waals surface area (Å²) in [4.78, 5) is 27.8. The number of carbonyl (C=O) groups is 2. The van der Waals surface area contributed by atoms with Gasteiger partial charge in [0.1, 0.15) is 6.04 Å². The Bertz CT molecular complexity index is 763. The first kappa shape index (κ1) is 16.3. The van der Waals surface area contributed by atoms with Gasteiger partial charge in [-0.25, -0.2) is 4.79 Å². The molecule has 5 heteroatoms. The van der Waals surface area contributed by atoms with Crippen LogP contribution in [0, 0.1) is 5.92 Å². The van der Waals surface area contributed by atoms with Crippen molar-refractivity contribution in [3.63, 3.8) is 0 Å². The number of rotatable bonds is 5. The number of methoxy groups -OCH3 is 1. The van der Waals surface area contributed by atoms with Crippen LogP contribution in [0.25, 0.3) is 10.9 Å². The summed E-state index contributed by atoms with van der Waals surface area (Å²) in [6, 6.07) is 7.23. The third kappa shape index (κ3) is 3.50. The fraction of sp³-hybridized carbons (Fsp3) is 0.368. The van der Waals surface area contributed by atoms with Crippen LogP contribution in [-0.4, -0.2) is 30.0 Å². The largest absolute Gasteiger partial charge is 0.467 e. The fourth-order valence-electron chi connectivity index (χ4n) is 3.18. The van der Waals surface area contributed by atoms with E-state index in [2.05, 4.69) is 16.4 Å². The lowest BCUT2D eigenvalue weighted by Gasteiger charge is -2.21. The van der Waals surface area contributed by atoms with Gasteiger partial charge in [0.25, 0.3) is 0 Å². The molecular formula is C19H22N2O3. The number of H-pyrrole nitrogens is 1. The Labute approximate surface area is 141 Å². The highest BCUT2D eigenvalue weighted by atomic mass is 16.5. The molecule has 2 N–H and O–H groups in total. The summed E-state index contributed by atoms with van der Waals surface area (Å²) in [7, 11) is 1.35. The highest BCUT2D eigenvalue weighted by Gasteiger charge is 2.27. The molecule has 3 rings (SSSR count). The Morgan fingerprint density at radius 3 is 2.92 bits per heavy atom. The minimum atomic E-state index is -0.674. The number of hydrogen-bond donors (Lipinski definition) is 2. The van der Waals surface area contributed by atoms with E-state index in [9.17, 15) is 9.59 Å². The van der Waals surface area contributed by atoms with Crippen molar-refractivity contribution in [1.29, 1.82) is 0 Å². The number of fused-ring (bicyclic) bond motifs is 1. The van der Waals surface area contributed by atoms with E-state index in [1.54, 1.807) is 0 Å². The third-order valence-electron chi connectivity index (χ3n) is 4.54. The van der Waals surface area contributed by atoms with E-state index in [0.29, 0.717) is 6.42 Å². The van der Waals surface area contributed by atoms with Crippen LogP contribution in [0.15, 0.2) is 42.6 Å². The van der Waals surface area contributed by atoms with Crippen LogP contribution in [0.4, 0.5) is 0 Å². The summed E-state index contributed by atoms with van der Waals surface area (Å²) in [6.07, 6.45) is 8.87. The SMILES string of the molecule is COC(=O)C(Cc1c[nH]c2ccccc12)NC(=O)C1CC=CCC1. The number of carbonyl (C=O) groups excluding carboxylic acids is 2. The zero-order valence-corrected chi connectivity index (χ0v) is 13.7. The van der Waals surface area contributed by atoms with Gasteiger partial charge >= 0.3 is 5.97 Å². The maximum atomic E-state index is 12.5. The van der Waals surface area contributed by atoms with E-state index in [1.807, 2.05) is 36.5 Å². The molecule has 1 amide bonds. The van der Waals surface area contributed by atoms with Crippen LogP contribution in [0.2, 0.25) is 0 Å². The minimum absolute atomic E-state index is 0.0647. The summed E-state index contributed by atoms with van der Waals surface area (Å²) >= 11 is 0. The Kier molecular flexibility index (Phi) is 4.99. The second-order valence-corrected chi connectivity index (χ2v) is 6.13. The molecule has 0 fully saturated rings. The number of benzene rings is 1. The molecule has 0 spiro atoms. The van der Waals surface area contributed by atoms with Gasteiger partial charge < -0.3 is 15.0 Å². The third-order valence-corrected chi connectivity index (χ3v) is 4.54. The van der Waals surface area contributed by atoms with E-state index in [-0.39, 0.29) is 11.8 Å². The second kappa shape index (κ2) is 7.34. The molecule has 0 saturated carbocycles. The van der Waals surface area contributed by atoms with Crippen molar-refractivity contribution < 1.29 is 14.3 Å². The van der Waals surface area contributed by atoms with E-state index < -0.39 is 12.0 Å². The average molecular weight is 326 g/mol. The highest BCUT2D eigenvalue weighted by molar-refractivity contribution is 5.88. The number of esters is 1. The van der Waals surface area contributed by atoms with Crippen LogP contribution in [0.1, 0.15) is 24.8 Å². The molecule has 2 unspecified atom stereocenters. The molecule has 0 radical (unpaired) electrons. The molecule has 0 aliphatic heterocycles. The van der Waals surface area contributed by atoms with Crippen molar-refractivity contribution in [2.24, 2.45) is 5.92 Å². The maximum absolute atomic E-state index is 12.5. The van der Waals surface area contributed by atoms with E-state index in [4.69, 9.17) is 4.74 Å². The zero-order valence-electron chi connectivity index (χ0n) is 13.7. The number of para-hydroxylation sites is 1. The average Bonchev–Trinajstić information content (AvgIpc) is 3.04. The monoisotopic (exact) mass is 326 g/mol. The van der Waals surface area contributed by atoms with E-state index in [1.165, 1.54) is 7.11 Å². The molecule has 126 valence electrons. The van der Waals surface area contributed by atoms with Gasteiger partial charge in [0.2, 0.25) is 5.91 Å². The zero-order chi connectivity index (χ0) is 16.9. The molecule has 5 nitrogen and oxygen atoms in total. The summed E-state index contributed by atoms with van der Waals surface area (Å²) in [6.45, 7) is 0. The van der Waals surface area contributed by atoms with Gasteiger partial charge in [0.05, 0.1) is 7.11 Å². The first-order chi connectivity index (χ1) is 11.7. The van der Waals surface area contributed by atoms with Crippen LogP contribution < -0.4 is 5.32 Å². The number of aromatic amines is 1. The van der Waals surface area contributed by atoms with Crippen LogP contribution >= 0.6 is 0 Å². The van der Waals surface area contributed by atoms with Gasteiger partial charge in [-0.05, 0) is 30.9 Å². The topological polar surface area (TPSA) is 71.2 Å². The second-order valence-electron chi connectivity index (χ2n) is 6.13. The molecule has 1 aromatic heterocycles. The number of amides is 1. The van der Waals surface area contributed by atoms with Crippen LogP contribution in [0.3, 0.4) is 0 Å². The van der Waals surface area contributed by atoms with Crippen molar-refractivity contribution in [1.82, 2.24) is 10.3 Å². The normalized spacial score (nSPS) is 18.3. The lowest BCUT2D eigenvalue weighted by Crippen LogP contribution is -2.45. The molecule has 2 atom stereocenters. The number of ether oxygens (including phenoxy) is 1. The Morgan fingerprint density at radius 1 is 1.33 bits per heavy atom. The van der Waals surface area contributed by atoms with E-state index in [0.717, 1.165) is 35.7 Å². The fourth-order valence-corrected chi connectivity index (χ4v) is 3.18. The minimum Gasteiger partial charge on any atom is -0.467 e. The van der Waals surface area contributed by atoms with Crippen LogP contribution in [-0.2, 0) is 20.7 Å². The van der Waals surface area contributed by atoms with Gasteiger partial charge in [0, 0.05) is 29.4 Å². The molecule has 0 saturated heterocycles. The van der Waals surface area contributed by atoms with Crippen molar-refractivity contribution in [3.05, 3.63) is 48.2 Å². The number of nitrogens with one attached hydrogen (secondary N) is 2. The maximum Gasteiger partial charge on any atom is 0.328 e. The number of hydrogen-bond acceptors (Lipinski definition) is 3. The van der Waals surface area contributed by atoms with Crippen molar-refractivity contribution in [2.45, 2.75) is 31.7 Å². The first-order valence-corrected chi connectivity index (χ1v) is 8.27. The van der Waals surface area contributed by atoms with Crippen molar-refractivity contribution >= 4 is 22.8 Å². The summed E-state index contributed by atoms with van der Waals surface area (Å²) < 4.78 is 4.88. The highest BCUT2D eigenvalue weighted by Crippen LogP contribution is 2.21. The van der Waals surface area contributed by atoms with Gasteiger partial charge in [-0.3, -0.25) is 4.79 Å². The van der Waals surface area contributed by atoms with Crippen molar-refractivity contribution in [2.75, 3.05) is 7.11 Å². The van der Waals surface area contributed by atoms with Crippen LogP contribution in [0.5, 0.6) is 0 Å². The standard InChI is InChI=1S/C19H22N2O3/c1-24-19(23)17(21-18(22)13-7-3-2-4-8-13)11-14-12-20-16-10-6-5-9-15(14)16/h2-3,5-6,9-10,12-13,17,20H,4,7-8,11H2,1H3,(H,21,22). The van der Waals surface area contributed by atoms with Crippen molar-refractivity contribution in [3.8, 4) is 0 Å². The molecule has 1 aliphatic carbocycles. The summed E-state index contributed by atoms with van der Waals surface area (Å²) in [5, 5.41) is 3.94. The van der Waals surface area contributed by atoms with Gasteiger partial charge in [-0.15, -0.1) is 0 Å².